The molecule has 1 fully saturated rings. The minimum Gasteiger partial charge on any atom is -0.489 e. The molecule has 0 N–H and O–H groups in total. The molecule has 0 unspecified atom stereocenters. The van der Waals surface area contributed by atoms with Gasteiger partial charge in [0, 0.05) is 23.7 Å². The Morgan fingerprint density at radius 1 is 1.04 bits per heavy atom. The molecule has 23 heavy (non-hydrogen) atoms. The predicted molar refractivity (Wildman–Crippen MR) is 88.9 cm³/mol. The smallest absolute Gasteiger partial charge is 0.254 e. The van der Waals surface area contributed by atoms with Crippen molar-refractivity contribution in [2.24, 2.45) is 0 Å². The van der Waals surface area contributed by atoms with E-state index in [4.69, 9.17) is 21.1 Å². The molecule has 0 spiro atoms. The molecule has 1 heterocycles. The van der Waals surface area contributed by atoms with E-state index in [1.54, 1.807) is 12.1 Å². The summed E-state index contributed by atoms with van der Waals surface area (Å²) in [7, 11) is 0. The maximum atomic E-state index is 12.3. The van der Waals surface area contributed by atoms with Crippen molar-refractivity contribution in [3.8, 4) is 5.75 Å². The first-order valence-electron chi connectivity index (χ1n) is 7.57. The number of carbonyl (C=O) groups is 1. The average Bonchev–Trinajstić information content (AvgIpc) is 2.62. The zero-order chi connectivity index (χ0) is 16.1. The van der Waals surface area contributed by atoms with Crippen molar-refractivity contribution in [1.82, 2.24) is 4.90 Å². The zero-order valence-corrected chi connectivity index (χ0v) is 13.5. The lowest BCUT2D eigenvalue weighted by Crippen LogP contribution is -2.40. The molecular weight excluding hydrogens is 314 g/mol. The van der Waals surface area contributed by atoms with Gasteiger partial charge in [-0.2, -0.15) is 0 Å². The Kier molecular flexibility index (Phi) is 5.16. The van der Waals surface area contributed by atoms with Gasteiger partial charge in [0.1, 0.15) is 12.4 Å². The topological polar surface area (TPSA) is 38.8 Å². The summed E-state index contributed by atoms with van der Waals surface area (Å²) in [6.07, 6.45) is 0. The van der Waals surface area contributed by atoms with Gasteiger partial charge >= 0.3 is 0 Å². The average molecular weight is 332 g/mol. The van der Waals surface area contributed by atoms with Gasteiger partial charge in [-0.1, -0.05) is 23.7 Å². The van der Waals surface area contributed by atoms with Gasteiger partial charge in [-0.3, -0.25) is 4.79 Å². The minimum absolute atomic E-state index is 0.0541. The van der Waals surface area contributed by atoms with Crippen molar-refractivity contribution in [2.45, 2.75) is 6.61 Å². The van der Waals surface area contributed by atoms with Crippen LogP contribution in [0.1, 0.15) is 15.9 Å². The third-order valence-corrected chi connectivity index (χ3v) is 3.97. The van der Waals surface area contributed by atoms with Crippen LogP contribution in [-0.4, -0.2) is 37.1 Å². The molecule has 0 radical (unpaired) electrons. The number of benzene rings is 2. The quantitative estimate of drug-likeness (QED) is 0.862. The summed E-state index contributed by atoms with van der Waals surface area (Å²) in [6.45, 7) is 2.98. The maximum Gasteiger partial charge on any atom is 0.254 e. The number of ether oxygens (including phenoxy) is 2. The molecule has 0 atom stereocenters. The molecule has 0 saturated carbocycles. The molecular formula is C18H18ClNO3. The normalized spacial score (nSPS) is 14.6. The molecule has 2 aromatic rings. The second-order valence-electron chi connectivity index (χ2n) is 5.34. The van der Waals surface area contributed by atoms with Gasteiger partial charge in [0.15, 0.2) is 0 Å². The van der Waals surface area contributed by atoms with Crippen molar-refractivity contribution >= 4 is 17.5 Å². The first kappa shape index (κ1) is 15.8. The Hall–Kier alpha value is -2.04. The van der Waals surface area contributed by atoms with Crippen molar-refractivity contribution in [3.05, 3.63) is 64.7 Å². The molecule has 120 valence electrons. The second-order valence-corrected chi connectivity index (χ2v) is 5.78. The van der Waals surface area contributed by atoms with Crippen molar-refractivity contribution < 1.29 is 14.3 Å². The lowest BCUT2D eigenvalue weighted by molar-refractivity contribution is 0.0303. The highest BCUT2D eigenvalue weighted by atomic mass is 35.5. The van der Waals surface area contributed by atoms with Crippen LogP contribution in [0.2, 0.25) is 5.02 Å². The van der Waals surface area contributed by atoms with E-state index in [1.165, 1.54) is 0 Å². The fourth-order valence-electron chi connectivity index (χ4n) is 2.39. The van der Waals surface area contributed by atoms with E-state index in [0.717, 1.165) is 11.3 Å². The van der Waals surface area contributed by atoms with Crippen LogP contribution in [-0.2, 0) is 11.3 Å². The Bertz CT molecular complexity index is 649. The minimum atomic E-state index is 0.0541. The third kappa shape index (κ3) is 4.24. The van der Waals surface area contributed by atoms with E-state index >= 15 is 0 Å². The largest absolute Gasteiger partial charge is 0.489 e. The van der Waals surface area contributed by atoms with Crippen molar-refractivity contribution in [2.75, 3.05) is 26.3 Å². The summed E-state index contributed by atoms with van der Waals surface area (Å²) in [5, 5.41) is 0.684. The Balaban J connectivity index is 1.58. The summed E-state index contributed by atoms with van der Waals surface area (Å²) in [5.41, 5.74) is 1.71. The van der Waals surface area contributed by atoms with E-state index < -0.39 is 0 Å². The molecule has 5 heteroatoms. The van der Waals surface area contributed by atoms with E-state index in [-0.39, 0.29) is 5.91 Å². The fourth-order valence-corrected chi connectivity index (χ4v) is 2.52. The van der Waals surface area contributed by atoms with Crippen LogP contribution in [0.4, 0.5) is 0 Å². The maximum absolute atomic E-state index is 12.3. The van der Waals surface area contributed by atoms with Crippen LogP contribution in [0.15, 0.2) is 48.5 Å². The van der Waals surface area contributed by atoms with E-state index in [0.29, 0.717) is 43.5 Å². The van der Waals surface area contributed by atoms with E-state index in [2.05, 4.69) is 0 Å². The first-order chi connectivity index (χ1) is 11.2. The van der Waals surface area contributed by atoms with Crippen LogP contribution >= 0.6 is 11.6 Å². The number of carbonyl (C=O) groups excluding carboxylic acids is 1. The van der Waals surface area contributed by atoms with Gasteiger partial charge in [0.2, 0.25) is 0 Å². The molecule has 1 aliphatic heterocycles. The number of nitrogens with zero attached hydrogens (tertiary/aromatic N) is 1. The monoisotopic (exact) mass is 331 g/mol. The van der Waals surface area contributed by atoms with Crippen molar-refractivity contribution in [1.29, 1.82) is 0 Å². The number of amides is 1. The Morgan fingerprint density at radius 3 is 2.35 bits per heavy atom. The zero-order valence-electron chi connectivity index (χ0n) is 12.7. The molecule has 1 aliphatic rings. The van der Waals surface area contributed by atoms with Crippen LogP contribution in [0.5, 0.6) is 5.75 Å². The van der Waals surface area contributed by atoms with Gasteiger partial charge in [0.05, 0.1) is 13.2 Å². The van der Waals surface area contributed by atoms with Crippen LogP contribution < -0.4 is 4.74 Å². The Labute approximate surface area is 140 Å². The molecule has 0 aliphatic carbocycles. The number of halogens is 1. The summed E-state index contributed by atoms with van der Waals surface area (Å²) in [4.78, 5) is 14.2. The van der Waals surface area contributed by atoms with E-state index in [1.807, 2.05) is 41.3 Å². The summed E-state index contributed by atoms with van der Waals surface area (Å²) in [6, 6.07) is 14.8. The SMILES string of the molecule is O=C(c1ccc(COc2ccc(Cl)cc2)cc1)N1CCOCC1. The highest BCUT2D eigenvalue weighted by Gasteiger charge is 2.18. The summed E-state index contributed by atoms with van der Waals surface area (Å²) < 4.78 is 11.0. The highest BCUT2D eigenvalue weighted by molar-refractivity contribution is 6.30. The summed E-state index contributed by atoms with van der Waals surface area (Å²) >= 11 is 5.84. The third-order valence-electron chi connectivity index (χ3n) is 3.72. The van der Waals surface area contributed by atoms with Crippen molar-refractivity contribution in [3.63, 3.8) is 0 Å². The number of hydrogen-bond acceptors (Lipinski definition) is 3. The molecule has 4 nitrogen and oxygen atoms in total. The standard InChI is InChI=1S/C18H18ClNO3/c19-16-5-7-17(8-6-16)23-13-14-1-3-15(4-2-14)18(21)20-9-11-22-12-10-20/h1-8H,9-13H2. The first-order valence-corrected chi connectivity index (χ1v) is 7.94. The summed E-state index contributed by atoms with van der Waals surface area (Å²) in [5.74, 6) is 0.821. The lowest BCUT2D eigenvalue weighted by atomic mass is 10.1. The van der Waals surface area contributed by atoms with E-state index in [9.17, 15) is 4.79 Å². The van der Waals surface area contributed by atoms with Crippen LogP contribution in [0, 0.1) is 0 Å². The Morgan fingerprint density at radius 2 is 1.70 bits per heavy atom. The fraction of sp³-hybridized carbons (Fsp3) is 0.278. The number of rotatable bonds is 4. The van der Waals surface area contributed by atoms with Crippen LogP contribution in [0.3, 0.4) is 0 Å². The van der Waals surface area contributed by atoms with Gasteiger partial charge in [-0.15, -0.1) is 0 Å². The second kappa shape index (κ2) is 7.49. The van der Waals surface area contributed by atoms with Gasteiger partial charge < -0.3 is 14.4 Å². The number of hydrogen-bond donors (Lipinski definition) is 0. The molecule has 2 aromatic carbocycles. The van der Waals surface area contributed by atoms with Gasteiger partial charge in [-0.25, -0.2) is 0 Å². The molecule has 3 rings (SSSR count). The molecule has 0 aromatic heterocycles. The molecule has 0 bridgehead atoms. The van der Waals surface area contributed by atoms with Gasteiger partial charge in [-0.05, 0) is 42.0 Å². The lowest BCUT2D eigenvalue weighted by Gasteiger charge is -2.26. The predicted octanol–water partition coefficient (Wildman–Crippen LogP) is 3.39. The molecule has 1 saturated heterocycles. The van der Waals surface area contributed by atoms with Gasteiger partial charge in [0.25, 0.3) is 5.91 Å². The molecule has 1 amide bonds. The highest BCUT2D eigenvalue weighted by Crippen LogP contribution is 2.17. The number of morpholine rings is 1. The van der Waals surface area contributed by atoms with Crippen LogP contribution in [0.25, 0.3) is 0 Å².